The fourth-order valence-electron chi connectivity index (χ4n) is 2.17. The van der Waals surface area contributed by atoms with Gasteiger partial charge in [-0.3, -0.25) is 0 Å². The van der Waals surface area contributed by atoms with Gasteiger partial charge in [-0.15, -0.1) is 0 Å². The average Bonchev–Trinajstić information content (AvgIpc) is 2.81. The Labute approximate surface area is 127 Å². The third-order valence-corrected chi connectivity index (χ3v) is 3.33. The second kappa shape index (κ2) is 8.11. The van der Waals surface area contributed by atoms with Crippen LogP contribution in [-0.4, -0.2) is 5.11 Å². The second-order valence-corrected chi connectivity index (χ2v) is 5.03. The number of aliphatic hydroxyl groups is 1. The Morgan fingerprint density at radius 3 is 2.76 bits per heavy atom. The van der Waals surface area contributed by atoms with Gasteiger partial charge in [0.05, 0.1) is 0 Å². The van der Waals surface area contributed by atoms with Gasteiger partial charge in [-0.2, -0.15) is 0 Å². The van der Waals surface area contributed by atoms with E-state index < -0.39 is 0 Å². The zero-order chi connectivity index (χ0) is 14.9. The molecule has 0 heterocycles. The molecule has 1 heteroatoms. The highest BCUT2D eigenvalue weighted by Crippen LogP contribution is 2.22. The van der Waals surface area contributed by atoms with Gasteiger partial charge in [0.15, 0.2) is 0 Å². The molecule has 108 valence electrons. The van der Waals surface area contributed by atoms with Crippen molar-refractivity contribution >= 4 is 5.76 Å². The topological polar surface area (TPSA) is 20.2 Å². The van der Waals surface area contributed by atoms with Crippen LogP contribution in [0.4, 0.5) is 0 Å². The molecule has 0 saturated heterocycles. The molecule has 0 bridgehead atoms. The number of unbranched alkanes of at least 4 members (excludes halogenated alkanes) is 1. The van der Waals surface area contributed by atoms with Crippen LogP contribution >= 0.6 is 0 Å². The number of benzene rings is 1. The maximum absolute atomic E-state index is 10.3. The predicted molar refractivity (Wildman–Crippen MR) is 91.0 cm³/mol. The molecule has 0 unspecified atom stereocenters. The van der Waals surface area contributed by atoms with Crippen molar-refractivity contribution in [1.82, 2.24) is 0 Å². The molecular weight excluding hydrogens is 256 g/mol. The number of hydrogen-bond donors (Lipinski definition) is 1. The molecule has 1 aromatic carbocycles. The molecule has 0 aromatic heterocycles. The van der Waals surface area contributed by atoms with Crippen molar-refractivity contribution in [3.8, 4) is 0 Å². The minimum atomic E-state index is 0.306. The molecular formula is C20H22O. The summed E-state index contributed by atoms with van der Waals surface area (Å²) >= 11 is 0. The van der Waals surface area contributed by atoms with Crippen LogP contribution in [0.2, 0.25) is 0 Å². The Morgan fingerprint density at radius 2 is 2.00 bits per heavy atom. The van der Waals surface area contributed by atoms with Gasteiger partial charge in [0.1, 0.15) is 5.76 Å². The van der Waals surface area contributed by atoms with Crippen LogP contribution in [0.3, 0.4) is 0 Å². The van der Waals surface area contributed by atoms with Gasteiger partial charge in [0.25, 0.3) is 0 Å². The highest BCUT2D eigenvalue weighted by atomic mass is 16.3. The van der Waals surface area contributed by atoms with Crippen LogP contribution in [0.1, 0.15) is 31.7 Å². The summed E-state index contributed by atoms with van der Waals surface area (Å²) in [6.07, 6.45) is 17.7. The number of aliphatic hydroxyl groups excluding tert-OH is 1. The minimum Gasteiger partial charge on any atom is -0.507 e. The summed E-state index contributed by atoms with van der Waals surface area (Å²) in [4.78, 5) is 0. The Balaban J connectivity index is 2.33. The zero-order valence-electron chi connectivity index (χ0n) is 12.5. The molecule has 0 atom stereocenters. The number of rotatable bonds is 5. The summed E-state index contributed by atoms with van der Waals surface area (Å²) in [7, 11) is 0. The van der Waals surface area contributed by atoms with Crippen molar-refractivity contribution in [2.45, 2.75) is 26.2 Å². The van der Waals surface area contributed by atoms with Crippen molar-refractivity contribution in [1.29, 1.82) is 0 Å². The largest absolute Gasteiger partial charge is 0.507 e. The molecule has 1 aliphatic rings. The van der Waals surface area contributed by atoms with E-state index in [0.717, 1.165) is 36.0 Å². The smallest absolute Gasteiger partial charge is 0.123 e. The molecule has 0 radical (unpaired) electrons. The Morgan fingerprint density at radius 1 is 1.19 bits per heavy atom. The van der Waals surface area contributed by atoms with Crippen LogP contribution in [0.15, 0.2) is 84.0 Å². The van der Waals surface area contributed by atoms with E-state index in [9.17, 15) is 5.11 Å². The normalized spacial score (nSPS) is 15.8. The van der Waals surface area contributed by atoms with Gasteiger partial charge in [0.2, 0.25) is 0 Å². The van der Waals surface area contributed by atoms with E-state index in [1.165, 1.54) is 0 Å². The zero-order valence-corrected chi connectivity index (χ0v) is 12.5. The maximum Gasteiger partial charge on any atom is 0.123 e. The van der Waals surface area contributed by atoms with E-state index in [0.29, 0.717) is 5.76 Å². The van der Waals surface area contributed by atoms with Gasteiger partial charge in [-0.05, 0) is 30.1 Å². The van der Waals surface area contributed by atoms with Gasteiger partial charge in [0, 0.05) is 5.56 Å². The molecule has 1 aliphatic carbocycles. The van der Waals surface area contributed by atoms with Crippen LogP contribution in [0.25, 0.3) is 5.76 Å². The van der Waals surface area contributed by atoms with Gasteiger partial charge in [-0.25, -0.2) is 0 Å². The van der Waals surface area contributed by atoms with E-state index in [-0.39, 0.29) is 0 Å². The summed E-state index contributed by atoms with van der Waals surface area (Å²) in [5.74, 6) is 0.306. The fraction of sp³-hybridized carbons (Fsp3) is 0.200. The van der Waals surface area contributed by atoms with E-state index in [1.807, 2.05) is 36.4 Å². The molecule has 0 amide bonds. The molecule has 21 heavy (non-hydrogen) atoms. The predicted octanol–water partition coefficient (Wildman–Crippen LogP) is 5.75. The average molecular weight is 278 g/mol. The van der Waals surface area contributed by atoms with Crippen molar-refractivity contribution in [3.05, 3.63) is 89.6 Å². The summed E-state index contributed by atoms with van der Waals surface area (Å²) in [6.45, 7) is 2.16. The monoisotopic (exact) mass is 278 g/mol. The van der Waals surface area contributed by atoms with Crippen molar-refractivity contribution in [3.63, 3.8) is 0 Å². The summed E-state index contributed by atoms with van der Waals surface area (Å²) < 4.78 is 0. The fourth-order valence-corrected chi connectivity index (χ4v) is 2.17. The Bertz CT molecular complexity index is 598. The molecule has 0 saturated carbocycles. The van der Waals surface area contributed by atoms with Gasteiger partial charge in [-0.1, -0.05) is 80.1 Å². The van der Waals surface area contributed by atoms with Gasteiger partial charge < -0.3 is 5.11 Å². The standard InChI is InChI=1S/C20H22O/c1-2-3-11-19(17-12-7-4-5-8-13-17)16-20(21)18-14-9-6-10-15-18/h4,6-16,21H,2-3,5H2,1H3/b19-11+,20-16-. The first-order chi connectivity index (χ1) is 10.3. The van der Waals surface area contributed by atoms with E-state index in [4.69, 9.17) is 0 Å². The summed E-state index contributed by atoms with van der Waals surface area (Å²) in [6, 6.07) is 9.65. The van der Waals surface area contributed by atoms with E-state index in [2.05, 4.69) is 43.4 Å². The molecule has 1 N–H and O–H groups in total. The Kier molecular flexibility index (Phi) is 5.83. The van der Waals surface area contributed by atoms with Gasteiger partial charge >= 0.3 is 0 Å². The van der Waals surface area contributed by atoms with Crippen LogP contribution in [-0.2, 0) is 0 Å². The molecule has 1 aromatic rings. The SMILES string of the molecule is CCC/C=C(\C=C(/O)c1ccccc1)C1=CC=CCC=C1. The van der Waals surface area contributed by atoms with Crippen molar-refractivity contribution < 1.29 is 5.11 Å². The first kappa shape index (κ1) is 15.1. The second-order valence-electron chi connectivity index (χ2n) is 5.03. The maximum atomic E-state index is 10.3. The number of allylic oxidation sites excluding steroid dienone is 9. The quantitative estimate of drug-likeness (QED) is 0.536. The lowest BCUT2D eigenvalue weighted by Gasteiger charge is -2.06. The lowest BCUT2D eigenvalue weighted by Crippen LogP contribution is -1.88. The third kappa shape index (κ3) is 4.64. The first-order valence-electron chi connectivity index (χ1n) is 7.51. The molecule has 2 rings (SSSR count). The molecule has 0 spiro atoms. The number of hydrogen-bond acceptors (Lipinski definition) is 1. The third-order valence-electron chi connectivity index (χ3n) is 3.33. The van der Waals surface area contributed by atoms with Crippen molar-refractivity contribution in [2.75, 3.05) is 0 Å². The lowest BCUT2D eigenvalue weighted by molar-refractivity contribution is 0.511. The highest BCUT2D eigenvalue weighted by Gasteiger charge is 2.04. The summed E-state index contributed by atoms with van der Waals surface area (Å²) in [5.41, 5.74) is 3.05. The lowest BCUT2D eigenvalue weighted by atomic mass is 10.0. The van der Waals surface area contributed by atoms with E-state index >= 15 is 0 Å². The first-order valence-corrected chi connectivity index (χ1v) is 7.51. The minimum absolute atomic E-state index is 0.306. The molecule has 1 nitrogen and oxygen atoms in total. The van der Waals surface area contributed by atoms with Crippen LogP contribution in [0.5, 0.6) is 0 Å². The van der Waals surface area contributed by atoms with E-state index in [1.54, 1.807) is 0 Å². The molecule has 0 fully saturated rings. The Hall–Kier alpha value is -2.28. The summed E-state index contributed by atoms with van der Waals surface area (Å²) in [5, 5.41) is 10.3. The van der Waals surface area contributed by atoms with Crippen LogP contribution in [0, 0.1) is 0 Å². The highest BCUT2D eigenvalue weighted by molar-refractivity contribution is 5.65. The van der Waals surface area contributed by atoms with Crippen LogP contribution < -0.4 is 0 Å². The van der Waals surface area contributed by atoms with Crippen molar-refractivity contribution in [2.24, 2.45) is 0 Å². The molecule has 0 aliphatic heterocycles.